The van der Waals surface area contributed by atoms with E-state index in [2.05, 4.69) is 0 Å². The van der Waals surface area contributed by atoms with Crippen LogP contribution in [0.5, 0.6) is 0 Å². The lowest BCUT2D eigenvalue weighted by Gasteiger charge is -2.31. The van der Waals surface area contributed by atoms with Crippen molar-refractivity contribution in [3.63, 3.8) is 0 Å². The van der Waals surface area contributed by atoms with E-state index in [9.17, 15) is 9.59 Å². The smallest absolute Gasteiger partial charge is 0.253 e. The van der Waals surface area contributed by atoms with Gasteiger partial charge in [-0.25, -0.2) is 0 Å². The van der Waals surface area contributed by atoms with E-state index in [1.165, 1.54) is 17.1 Å². The van der Waals surface area contributed by atoms with E-state index in [4.69, 9.17) is 10.5 Å². The summed E-state index contributed by atoms with van der Waals surface area (Å²) >= 11 is 0. The summed E-state index contributed by atoms with van der Waals surface area (Å²) in [4.78, 5) is 24.0. The summed E-state index contributed by atoms with van der Waals surface area (Å²) < 4.78 is 5.73. The molecule has 1 rings (SSSR count). The number of nitrogens with zero attached hydrogens (tertiary/aromatic N) is 1. The predicted molar refractivity (Wildman–Crippen MR) is 68.8 cm³/mol. The van der Waals surface area contributed by atoms with Gasteiger partial charge in [-0.2, -0.15) is 0 Å². The van der Waals surface area contributed by atoms with Crippen LogP contribution in [0.15, 0.2) is 12.2 Å². The molecular formula is C13H22N2O3. The van der Waals surface area contributed by atoms with Crippen molar-refractivity contribution >= 4 is 11.8 Å². The average Bonchev–Trinajstić information content (AvgIpc) is 2.53. The van der Waals surface area contributed by atoms with Crippen molar-refractivity contribution < 1.29 is 14.3 Å². The number of carbonyl (C=O) groups excluding carboxylic acids is 2. The summed E-state index contributed by atoms with van der Waals surface area (Å²) in [6.45, 7) is 8.43. The lowest BCUT2D eigenvalue weighted by atomic mass is 10.0. The van der Waals surface area contributed by atoms with Gasteiger partial charge < -0.3 is 10.5 Å². The summed E-state index contributed by atoms with van der Waals surface area (Å²) in [6.07, 6.45) is 3.17. The van der Waals surface area contributed by atoms with Crippen LogP contribution in [0.1, 0.15) is 34.1 Å². The lowest BCUT2D eigenvalue weighted by Crippen LogP contribution is -2.43. The van der Waals surface area contributed by atoms with E-state index in [0.717, 1.165) is 0 Å². The fourth-order valence-electron chi connectivity index (χ4n) is 1.49. The number of amides is 2. The minimum Gasteiger partial charge on any atom is -0.374 e. The molecule has 2 amide bonds. The Labute approximate surface area is 108 Å². The van der Waals surface area contributed by atoms with Crippen LogP contribution in [-0.4, -0.2) is 41.0 Å². The van der Waals surface area contributed by atoms with Gasteiger partial charge in [-0.1, -0.05) is 0 Å². The van der Waals surface area contributed by atoms with Gasteiger partial charge in [-0.15, -0.1) is 0 Å². The van der Waals surface area contributed by atoms with Crippen molar-refractivity contribution in [2.24, 2.45) is 5.73 Å². The van der Waals surface area contributed by atoms with Crippen LogP contribution in [0.3, 0.4) is 0 Å². The Morgan fingerprint density at radius 2 is 1.67 bits per heavy atom. The third-order valence-corrected chi connectivity index (χ3v) is 2.67. The number of rotatable bonds is 6. The van der Waals surface area contributed by atoms with Gasteiger partial charge in [-0.05, 0) is 34.1 Å². The maximum Gasteiger partial charge on any atom is 0.253 e. The molecule has 1 aliphatic rings. The molecule has 102 valence electrons. The van der Waals surface area contributed by atoms with E-state index in [-0.39, 0.29) is 11.8 Å². The number of carbonyl (C=O) groups is 2. The number of hydrogen-bond acceptors (Lipinski definition) is 4. The van der Waals surface area contributed by atoms with Gasteiger partial charge in [0.05, 0.1) is 12.2 Å². The van der Waals surface area contributed by atoms with Crippen LogP contribution in [0, 0.1) is 0 Å². The molecule has 0 aromatic rings. The van der Waals surface area contributed by atoms with Crippen LogP contribution >= 0.6 is 0 Å². The number of nitrogens with two attached hydrogens (primary N) is 1. The molecule has 0 saturated heterocycles. The zero-order chi connectivity index (χ0) is 14.0. The molecule has 0 aromatic heterocycles. The van der Waals surface area contributed by atoms with Crippen molar-refractivity contribution in [1.82, 2.24) is 4.90 Å². The van der Waals surface area contributed by atoms with E-state index in [0.29, 0.717) is 19.6 Å². The molecule has 0 spiro atoms. The Hall–Kier alpha value is -1.20. The zero-order valence-electron chi connectivity index (χ0n) is 11.5. The molecule has 0 radical (unpaired) electrons. The molecule has 18 heavy (non-hydrogen) atoms. The third kappa shape index (κ3) is 4.58. The quantitative estimate of drug-likeness (QED) is 0.713. The van der Waals surface area contributed by atoms with E-state index in [1.807, 2.05) is 27.7 Å². The second kappa shape index (κ2) is 5.20. The highest BCUT2D eigenvalue weighted by Crippen LogP contribution is 2.18. The Morgan fingerprint density at radius 1 is 1.17 bits per heavy atom. The highest BCUT2D eigenvalue weighted by Gasteiger charge is 2.28. The van der Waals surface area contributed by atoms with E-state index in [1.54, 1.807) is 0 Å². The summed E-state index contributed by atoms with van der Waals surface area (Å²) in [7, 11) is 0. The first-order valence-electron chi connectivity index (χ1n) is 6.07. The second-order valence-electron chi connectivity index (χ2n) is 5.95. The van der Waals surface area contributed by atoms with Gasteiger partial charge >= 0.3 is 0 Å². The Bertz CT molecular complexity index is 349. The van der Waals surface area contributed by atoms with Gasteiger partial charge in [0.15, 0.2) is 0 Å². The van der Waals surface area contributed by atoms with Crippen LogP contribution in [0.25, 0.3) is 0 Å². The standard InChI is InChI=1S/C13H22N2O3/c1-12(2,14)9-18-13(3,4)7-8-15-10(16)5-6-11(15)17/h5-6H,7-9,14H2,1-4H3. The molecule has 0 atom stereocenters. The third-order valence-electron chi connectivity index (χ3n) is 2.67. The van der Waals surface area contributed by atoms with Gasteiger partial charge in [0, 0.05) is 24.2 Å². The molecule has 1 aliphatic heterocycles. The molecule has 5 heteroatoms. The monoisotopic (exact) mass is 254 g/mol. The average molecular weight is 254 g/mol. The Morgan fingerprint density at radius 3 is 2.11 bits per heavy atom. The summed E-state index contributed by atoms with van der Waals surface area (Å²) in [5.74, 6) is -0.509. The predicted octanol–water partition coefficient (Wildman–Crippen LogP) is 0.834. The second-order valence-corrected chi connectivity index (χ2v) is 5.95. The minimum atomic E-state index is -0.417. The SMILES string of the molecule is CC(C)(N)COC(C)(C)CCN1C(=O)C=CC1=O. The van der Waals surface area contributed by atoms with Crippen LogP contribution < -0.4 is 5.73 Å². The first-order valence-corrected chi connectivity index (χ1v) is 6.07. The molecule has 0 bridgehead atoms. The number of hydrogen-bond donors (Lipinski definition) is 1. The van der Waals surface area contributed by atoms with Crippen LogP contribution in [-0.2, 0) is 14.3 Å². The highest BCUT2D eigenvalue weighted by atomic mass is 16.5. The van der Waals surface area contributed by atoms with Gasteiger partial charge in [-0.3, -0.25) is 14.5 Å². The minimum absolute atomic E-state index is 0.255. The zero-order valence-corrected chi connectivity index (χ0v) is 11.5. The largest absolute Gasteiger partial charge is 0.374 e. The van der Waals surface area contributed by atoms with Crippen molar-refractivity contribution in [2.45, 2.75) is 45.3 Å². The molecular weight excluding hydrogens is 232 g/mol. The normalized spacial score (nSPS) is 16.8. The topological polar surface area (TPSA) is 72.6 Å². The molecule has 0 fully saturated rings. The van der Waals surface area contributed by atoms with Gasteiger partial charge in [0.25, 0.3) is 11.8 Å². The molecule has 0 aromatic carbocycles. The van der Waals surface area contributed by atoms with Crippen molar-refractivity contribution in [3.8, 4) is 0 Å². The van der Waals surface area contributed by atoms with Crippen molar-refractivity contribution in [1.29, 1.82) is 0 Å². The molecule has 0 aliphatic carbocycles. The molecule has 1 heterocycles. The van der Waals surface area contributed by atoms with Gasteiger partial charge in [0.1, 0.15) is 0 Å². The highest BCUT2D eigenvalue weighted by molar-refractivity contribution is 6.12. The lowest BCUT2D eigenvalue weighted by molar-refractivity contribution is -0.137. The van der Waals surface area contributed by atoms with Crippen molar-refractivity contribution in [3.05, 3.63) is 12.2 Å². The maximum absolute atomic E-state index is 11.4. The summed E-state index contributed by atoms with van der Waals surface area (Å²) in [5.41, 5.74) is 5.04. The number of imide groups is 1. The molecule has 0 saturated carbocycles. The first-order chi connectivity index (χ1) is 8.11. The van der Waals surface area contributed by atoms with E-state index >= 15 is 0 Å². The van der Waals surface area contributed by atoms with Crippen LogP contribution in [0.4, 0.5) is 0 Å². The molecule has 0 unspecified atom stereocenters. The molecule has 5 nitrogen and oxygen atoms in total. The first kappa shape index (κ1) is 14.9. The van der Waals surface area contributed by atoms with Crippen LogP contribution in [0.2, 0.25) is 0 Å². The van der Waals surface area contributed by atoms with E-state index < -0.39 is 11.1 Å². The summed E-state index contributed by atoms with van der Waals surface area (Å²) in [5, 5.41) is 0. The molecule has 2 N–H and O–H groups in total. The Balaban J connectivity index is 2.42. The van der Waals surface area contributed by atoms with Crippen molar-refractivity contribution in [2.75, 3.05) is 13.2 Å². The number of ether oxygens (including phenoxy) is 1. The van der Waals surface area contributed by atoms with Gasteiger partial charge in [0.2, 0.25) is 0 Å². The fraction of sp³-hybridized carbons (Fsp3) is 0.692. The summed E-state index contributed by atoms with van der Waals surface area (Å²) in [6, 6.07) is 0. The maximum atomic E-state index is 11.4. The fourth-order valence-corrected chi connectivity index (χ4v) is 1.49. The Kier molecular flexibility index (Phi) is 4.29.